The molecule has 0 amide bonds. The molecule has 0 N–H and O–H groups in total. The third kappa shape index (κ3) is 9.58. The fourth-order valence-electron chi connectivity index (χ4n) is 5.20. The second-order valence-corrected chi connectivity index (χ2v) is 18.4. The highest BCUT2D eigenvalue weighted by Crippen LogP contribution is 2.42. The summed E-state index contributed by atoms with van der Waals surface area (Å²) >= 11 is 0. The normalized spacial score (nSPS) is 13.3. The first-order chi connectivity index (χ1) is 17.8. The van der Waals surface area contributed by atoms with Gasteiger partial charge in [-0.2, -0.15) is 0 Å². The predicted molar refractivity (Wildman–Crippen MR) is 151 cm³/mol. The Labute approximate surface area is 228 Å². The van der Waals surface area contributed by atoms with Gasteiger partial charge in [0.05, 0.1) is 0 Å². The van der Waals surface area contributed by atoms with Crippen LogP contribution in [0.1, 0.15) is 44.1 Å². The summed E-state index contributed by atoms with van der Waals surface area (Å²) in [4.78, 5) is 0. The van der Waals surface area contributed by atoms with Gasteiger partial charge < -0.3 is 39.8 Å². The maximum atomic E-state index is 5.70. The second kappa shape index (κ2) is 17.3. The largest absolute Gasteiger partial charge is 0.500 e. The van der Waals surface area contributed by atoms with Crippen LogP contribution in [0.3, 0.4) is 0 Å². The summed E-state index contributed by atoms with van der Waals surface area (Å²) < 4.78 is 51.3. The summed E-state index contributed by atoms with van der Waals surface area (Å²) in [5.41, 5.74) is 1.22. The zero-order valence-corrected chi connectivity index (χ0v) is 27.4. The number of rotatable bonds is 22. The lowest BCUT2D eigenvalue weighted by Gasteiger charge is -2.37. The van der Waals surface area contributed by atoms with Crippen LogP contribution in [-0.4, -0.2) is 90.4 Å². The van der Waals surface area contributed by atoms with E-state index >= 15 is 0 Å². The number of benzene rings is 1. The predicted octanol–water partition coefficient (Wildman–Crippen LogP) is 4.90. The molecule has 0 aliphatic heterocycles. The molecule has 0 aliphatic rings. The van der Waals surface area contributed by atoms with E-state index in [-0.39, 0.29) is 5.41 Å². The van der Waals surface area contributed by atoms with Gasteiger partial charge in [0.25, 0.3) is 0 Å². The zero-order chi connectivity index (χ0) is 27.8. The maximum Gasteiger partial charge on any atom is 0.500 e. The molecule has 0 spiro atoms. The molecule has 0 saturated carbocycles. The van der Waals surface area contributed by atoms with E-state index in [0.717, 1.165) is 56.7 Å². The molecule has 1 rings (SSSR count). The highest BCUT2D eigenvalue weighted by molar-refractivity contribution is 6.61. The van der Waals surface area contributed by atoms with Crippen LogP contribution >= 0.6 is 0 Å². The minimum atomic E-state index is -2.68. The van der Waals surface area contributed by atoms with Gasteiger partial charge in [0.2, 0.25) is 0 Å². The van der Waals surface area contributed by atoms with Crippen LogP contribution in [0.2, 0.25) is 18.1 Å². The Morgan fingerprint density at radius 2 is 0.730 bits per heavy atom. The fourth-order valence-corrected chi connectivity index (χ4v) is 10.4. The van der Waals surface area contributed by atoms with E-state index in [0.29, 0.717) is 0 Å². The molecule has 0 saturated heterocycles. The molecule has 0 fully saturated rings. The van der Waals surface area contributed by atoms with Crippen molar-refractivity contribution in [2.75, 3.05) is 64.0 Å². The highest BCUT2D eigenvalue weighted by atomic mass is 28.4. The van der Waals surface area contributed by atoms with Gasteiger partial charge in [0, 0.05) is 82.1 Å². The second-order valence-electron chi connectivity index (χ2n) is 9.09. The van der Waals surface area contributed by atoms with Crippen LogP contribution in [0.25, 0.3) is 0 Å². The Kier molecular flexibility index (Phi) is 16.1. The lowest BCUT2D eigenvalue weighted by atomic mass is 9.70. The van der Waals surface area contributed by atoms with Gasteiger partial charge in [-0.15, -0.1) is 0 Å². The van der Waals surface area contributed by atoms with Crippen molar-refractivity contribution in [1.29, 1.82) is 0 Å². The van der Waals surface area contributed by atoms with Crippen molar-refractivity contribution in [3.8, 4) is 0 Å². The highest BCUT2D eigenvalue weighted by Gasteiger charge is 2.43. The third-order valence-corrected chi connectivity index (χ3v) is 16.1. The average molecular weight is 579 g/mol. The maximum absolute atomic E-state index is 5.70. The average Bonchev–Trinajstić information content (AvgIpc) is 2.96. The first-order valence-corrected chi connectivity index (χ1v) is 18.6. The molecule has 12 heteroatoms. The van der Waals surface area contributed by atoms with Gasteiger partial charge >= 0.3 is 26.4 Å². The minimum Gasteiger partial charge on any atom is -0.377 e. The lowest BCUT2D eigenvalue weighted by Crippen LogP contribution is -2.44. The molecule has 0 radical (unpaired) electrons. The Bertz CT molecular complexity index is 625. The van der Waals surface area contributed by atoms with E-state index in [9.17, 15) is 0 Å². The summed E-state index contributed by atoms with van der Waals surface area (Å²) in [5.74, 6) is 0. The van der Waals surface area contributed by atoms with Crippen LogP contribution in [0.4, 0.5) is 0 Å². The summed E-state index contributed by atoms with van der Waals surface area (Å²) in [7, 11) is 6.94. The smallest absolute Gasteiger partial charge is 0.377 e. The standard InChI is InChI=1S/C25H50O9Si3/c1-26-35(27-2,28-3)21-13-18-25(24-16-11-10-12-17-24,19-14-22-36(29-4,30-5)31-6)20-15-23-37(32-7,33-8)34-9/h10-12,16-17H,13-15,18-23H2,1-9H3. The van der Waals surface area contributed by atoms with Crippen LogP contribution < -0.4 is 0 Å². The van der Waals surface area contributed by atoms with Gasteiger partial charge in [-0.05, 0) is 49.5 Å². The molecular weight excluding hydrogens is 529 g/mol. The first kappa shape index (κ1) is 34.5. The van der Waals surface area contributed by atoms with Gasteiger partial charge in [0.1, 0.15) is 0 Å². The Morgan fingerprint density at radius 3 is 0.973 bits per heavy atom. The van der Waals surface area contributed by atoms with Crippen LogP contribution in [0.15, 0.2) is 30.3 Å². The van der Waals surface area contributed by atoms with E-state index in [4.69, 9.17) is 39.8 Å². The number of hydrogen-bond acceptors (Lipinski definition) is 9. The monoisotopic (exact) mass is 578 g/mol. The summed E-state index contributed by atoms with van der Waals surface area (Å²) in [5, 5.41) is 0. The van der Waals surface area contributed by atoms with Crippen molar-refractivity contribution < 1.29 is 39.8 Å². The molecule has 0 aromatic heterocycles. The summed E-state index contributed by atoms with van der Waals surface area (Å²) in [6.07, 6.45) is 5.55. The van der Waals surface area contributed by atoms with Gasteiger partial charge in [-0.3, -0.25) is 0 Å². The van der Waals surface area contributed by atoms with Crippen LogP contribution in [0, 0.1) is 0 Å². The van der Waals surface area contributed by atoms with Gasteiger partial charge in [-0.1, -0.05) is 30.3 Å². The van der Waals surface area contributed by atoms with Crippen LogP contribution in [0.5, 0.6) is 0 Å². The summed E-state index contributed by atoms with van der Waals surface area (Å²) in [6.45, 7) is 0. The van der Waals surface area contributed by atoms with E-state index in [2.05, 4.69) is 30.3 Å². The first-order valence-electron chi connectivity index (χ1n) is 12.8. The molecule has 0 bridgehead atoms. The van der Waals surface area contributed by atoms with Gasteiger partial charge in [-0.25, -0.2) is 0 Å². The third-order valence-electron chi connectivity index (χ3n) is 7.60. The fraction of sp³-hybridized carbons (Fsp3) is 0.760. The molecule has 9 nitrogen and oxygen atoms in total. The lowest BCUT2D eigenvalue weighted by molar-refractivity contribution is 0.119. The molecule has 216 valence electrons. The molecular formula is C25H50O9Si3. The van der Waals surface area contributed by atoms with Crippen molar-refractivity contribution in [1.82, 2.24) is 0 Å². The topological polar surface area (TPSA) is 83.1 Å². The van der Waals surface area contributed by atoms with Crippen molar-refractivity contribution in [2.24, 2.45) is 0 Å². The Morgan fingerprint density at radius 1 is 0.459 bits per heavy atom. The SMILES string of the molecule is CO[Si](CCCC(CCC[Si](OC)(OC)OC)(CCC[Si](OC)(OC)OC)c1ccccc1)(OC)OC. The van der Waals surface area contributed by atoms with Crippen LogP contribution in [-0.2, 0) is 45.2 Å². The molecule has 1 aromatic rings. The van der Waals surface area contributed by atoms with Crippen molar-refractivity contribution in [2.45, 2.75) is 62.1 Å². The molecule has 1 aromatic carbocycles. The zero-order valence-electron chi connectivity index (χ0n) is 24.4. The van der Waals surface area contributed by atoms with E-state index in [1.807, 2.05) is 0 Å². The summed E-state index contributed by atoms with van der Waals surface area (Å²) in [6, 6.07) is 13.0. The molecule has 0 heterocycles. The Balaban J connectivity index is 3.27. The van der Waals surface area contributed by atoms with E-state index in [1.165, 1.54) is 5.56 Å². The molecule has 0 unspecified atom stereocenters. The van der Waals surface area contributed by atoms with Crippen molar-refractivity contribution in [3.63, 3.8) is 0 Å². The molecule has 0 atom stereocenters. The van der Waals surface area contributed by atoms with Gasteiger partial charge in [0.15, 0.2) is 0 Å². The van der Waals surface area contributed by atoms with Crippen molar-refractivity contribution >= 4 is 26.4 Å². The Hall–Kier alpha value is -0.489. The van der Waals surface area contributed by atoms with E-state index in [1.54, 1.807) is 64.0 Å². The molecule has 0 aliphatic carbocycles. The van der Waals surface area contributed by atoms with Crippen molar-refractivity contribution in [3.05, 3.63) is 35.9 Å². The number of hydrogen-bond donors (Lipinski definition) is 0. The molecule has 37 heavy (non-hydrogen) atoms. The minimum absolute atomic E-state index is 0.0959. The quantitative estimate of drug-likeness (QED) is 0.178. The van der Waals surface area contributed by atoms with E-state index < -0.39 is 26.4 Å².